The molecule has 0 aliphatic rings. The molecule has 0 bridgehead atoms. The molecule has 15 heavy (non-hydrogen) atoms. The van der Waals surface area contributed by atoms with Crippen molar-refractivity contribution in [1.29, 1.82) is 0 Å². The lowest BCUT2D eigenvalue weighted by atomic mass is 10.1. The molecular formula is C10H14N2O3. The molecule has 0 aliphatic carbocycles. The largest absolute Gasteiger partial charge is 0.389 e. The molecule has 1 heterocycles. The lowest BCUT2D eigenvalue weighted by Crippen LogP contribution is -2.38. The molecule has 0 spiro atoms. The molecule has 82 valence electrons. The molecule has 0 saturated heterocycles. The Balaban J connectivity index is 2.66. The van der Waals surface area contributed by atoms with Crippen LogP contribution in [0.3, 0.4) is 0 Å². The highest BCUT2D eigenvalue weighted by Crippen LogP contribution is 1.98. The van der Waals surface area contributed by atoms with Crippen LogP contribution in [0.2, 0.25) is 0 Å². The van der Waals surface area contributed by atoms with Crippen molar-refractivity contribution < 1.29 is 9.90 Å². The van der Waals surface area contributed by atoms with Crippen LogP contribution in [0.1, 0.15) is 24.3 Å². The quantitative estimate of drug-likeness (QED) is 0.650. The van der Waals surface area contributed by atoms with Crippen molar-refractivity contribution in [3.63, 3.8) is 0 Å². The van der Waals surface area contributed by atoms with Gasteiger partial charge in [-0.05, 0) is 19.9 Å². The molecule has 5 heteroatoms. The highest BCUT2D eigenvalue weighted by atomic mass is 16.3. The molecule has 0 unspecified atom stereocenters. The number of H-pyrrole nitrogens is 1. The first kappa shape index (κ1) is 11.5. The third kappa shape index (κ3) is 3.95. The minimum atomic E-state index is -0.968. The van der Waals surface area contributed by atoms with Gasteiger partial charge in [0, 0.05) is 12.6 Å². The van der Waals surface area contributed by atoms with Crippen molar-refractivity contribution in [2.75, 3.05) is 6.54 Å². The van der Waals surface area contributed by atoms with Crippen molar-refractivity contribution in [3.05, 3.63) is 34.2 Å². The first-order valence-corrected chi connectivity index (χ1v) is 4.58. The van der Waals surface area contributed by atoms with E-state index >= 15 is 0 Å². The molecule has 3 N–H and O–H groups in total. The van der Waals surface area contributed by atoms with Gasteiger partial charge in [-0.3, -0.25) is 9.59 Å². The first-order chi connectivity index (χ1) is 6.88. The van der Waals surface area contributed by atoms with Crippen molar-refractivity contribution in [2.24, 2.45) is 0 Å². The summed E-state index contributed by atoms with van der Waals surface area (Å²) in [6.07, 6.45) is 0. The Morgan fingerprint density at radius 1 is 1.53 bits per heavy atom. The van der Waals surface area contributed by atoms with Crippen molar-refractivity contribution >= 4 is 5.91 Å². The van der Waals surface area contributed by atoms with Crippen LogP contribution in [0.25, 0.3) is 0 Å². The summed E-state index contributed by atoms with van der Waals surface area (Å²) in [5, 5.41) is 11.9. The topological polar surface area (TPSA) is 82.2 Å². The van der Waals surface area contributed by atoms with E-state index in [1.165, 1.54) is 18.2 Å². The Bertz CT molecular complexity index is 404. The molecule has 5 nitrogen and oxygen atoms in total. The molecule has 0 fully saturated rings. The summed E-state index contributed by atoms with van der Waals surface area (Å²) < 4.78 is 0. The standard InChI is InChI=1S/C10H14N2O3/c1-10(2,15)6-11-9(14)7-4-3-5-8(13)12-7/h3-5,15H,6H2,1-2H3,(H,11,14)(H,12,13). The van der Waals surface area contributed by atoms with Gasteiger partial charge in [-0.15, -0.1) is 0 Å². The zero-order valence-electron chi connectivity index (χ0n) is 8.70. The van der Waals surface area contributed by atoms with E-state index in [2.05, 4.69) is 10.3 Å². The van der Waals surface area contributed by atoms with Gasteiger partial charge in [0.15, 0.2) is 0 Å². The summed E-state index contributed by atoms with van der Waals surface area (Å²) in [6, 6.07) is 4.33. The summed E-state index contributed by atoms with van der Waals surface area (Å²) >= 11 is 0. The molecule has 0 aromatic carbocycles. The maximum atomic E-state index is 11.5. The second-order valence-corrected chi connectivity index (χ2v) is 3.92. The van der Waals surface area contributed by atoms with Gasteiger partial charge in [0.25, 0.3) is 5.91 Å². The lowest BCUT2D eigenvalue weighted by Gasteiger charge is -2.17. The first-order valence-electron chi connectivity index (χ1n) is 4.58. The molecule has 1 aromatic rings. The van der Waals surface area contributed by atoms with Crippen LogP contribution >= 0.6 is 0 Å². The summed E-state index contributed by atoms with van der Waals surface area (Å²) in [7, 11) is 0. The number of amides is 1. The smallest absolute Gasteiger partial charge is 0.267 e. The zero-order valence-corrected chi connectivity index (χ0v) is 8.70. The average Bonchev–Trinajstić information content (AvgIpc) is 2.13. The molecule has 0 radical (unpaired) electrons. The van der Waals surface area contributed by atoms with Crippen LogP contribution in [0, 0.1) is 0 Å². The van der Waals surface area contributed by atoms with Crippen LogP contribution in [-0.2, 0) is 0 Å². The van der Waals surface area contributed by atoms with Crippen LogP contribution in [0.5, 0.6) is 0 Å². The second-order valence-electron chi connectivity index (χ2n) is 3.92. The van der Waals surface area contributed by atoms with E-state index in [1.807, 2.05) is 0 Å². The highest BCUT2D eigenvalue weighted by molar-refractivity contribution is 5.92. The highest BCUT2D eigenvalue weighted by Gasteiger charge is 2.14. The number of hydrogen-bond acceptors (Lipinski definition) is 3. The molecule has 0 aliphatic heterocycles. The number of nitrogens with one attached hydrogen (secondary N) is 2. The normalized spacial score (nSPS) is 11.1. The van der Waals surface area contributed by atoms with Crippen LogP contribution in [0.15, 0.2) is 23.0 Å². The maximum absolute atomic E-state index is 11.5. The monoisotopic (exact) mass is 210 g/mol. The van der Waals surface area contributed by atoms with Crippen LogP contribution in [-0.4, -0.2) is 28.1 Å². The molecular weight excluding hydrogens is 196 g/mol. The van der Waals surface area contributed by atoms with Gasteiger partial charge >= 0.3 is 0 Å². The van der Waals surface area contributed by atoms with Crippen molar-refractivity contribution in [1.82, 2.24) is 10.3 Å². The molecule has 1 rings (SSSR count). The Morgan fingerprint density at radius 2 is 2.20 bits per heavy atom. The Morgan fingerprint density at radius 3 is 2.73 bits per heavy atom. The van der Waals surface area contributed by atoms with E-state index in [1.54, 1.807) is 13.8 Å². The van der Waals surface area contributed by atoms with Gasteiger partial charge in [-0.1, -0.05) is 6.07 Å². The van der Waals surface area contributed by atoms with Crippen LogP contribution < -0.4 is 10.9 Å². The van der Waals surface area contributed by atoms with Gasteiger partial charge < -0.3 is 15.4 Å². The zero-order chi connectivity index (χ0) is 11.5. The molecule has 1 amide bonds. The average molecular weight is 210 g/mol. The van der Waals surface area contributed by atoms with E-state index in [9.17, 15) is 14.7 Å². The van der Waals surface area contributed by atoms with E-state index in [4.69, 9.17) is 0 Å². The number of aliphatic hydroxyl groups is 1. The summed E-state index contributed by atoms with van der Waals surface area (Å²) in [5.41, 5.74) is -1.11. The fourth-order valence-corrected chi connectivity index (χ4v) is 0.972. The van der Waals surface area contributed by atoms with Crippen LogP contribution in [0.4, 0.5) is 0 Å². The number of pyridine rings is 1. The number of hydrogen-bond donors (Lipinski definition) is 3. The summed E-state index contributed by atoms with van der Waals surface area (Å²) in [5.74, 6) is -0.408. The summed E-state index contributed by atoms with van der Waals surface area (Å²) in [4.78, 5) is 24.8. The van der Waals surface area contributed by atoms with Gasteiger partial charge in [0.1, 0.15) is 5.69 Å². The second kappa shape index (κ2) is 4.27. The Kier molecular flexibility index (Phi) is 3.26. The van der Waals surface area contributed by atoms with Gasteiger partial charge in [-0.25, -0.2) is 0 Å². The Labute approximate surface area is 87.1 Å². The lowest BCUT2D eigenvalue weighted by molar-refractivity contribution is 0.0692. The minimum absolute atomic E-state index is 0.128. The van der Waals surface area contributed by atoms with E-state index in [0.29, 0.717) is 0 Å². The third-order valence-corrected chi connectivity index (χ3v) is 1.69. The molecule has 0 atom stereocenters. The maximum Gasteiger partial charge on any atom is 0.267 e. The van der Waals surface area contributed by atoms with E-state index in [-0.39, 0.29) is 17.8 Å². The SMILES string of the molecule is CC(C)(O)CNC(=O)c1cccc(=O)[nH]1. The predicted octanol–water partition coefficient (Wildman–Crippen LogP) is -0.124. The number of rotatable bonds is 3. The number of carbonyl (C=O) groups is 1. The van der Waals surface area contributed by atoms with E-state index < -0.39 is 11.5 Å². The summed E-state index contributed by atoms with van der Waals surface area (Å²) in [6.45, 7) is 3.30. The minimum Gasteiger partial charge on any atom is -0.389 e. The van der Waals surface area contributed by atoms with Gasteiger partial charge in [-0.2, -0.15) is 0 Å². The number of aromatic nitrogens is 1. The van der Waals surface area contributed by atoms with Crippen molar-refractivity contribution in [3.8, 4) is 0 Å². The number of carbonyl (C=O) groups excluding carboxylic acids is 1. The molecule has 0 saturated carbocycles. The predicted molar refractivity (Wildman–Crippen MR) is 55.7 cm³/mol. The van der Waals surface area contributed by atoms with Gasteiger partial charge in [0.05, 0.1) is 5.60 Å². The van der Waals surface area contributed by atoms with Crippen molar-refractivity contribution in [2.45, 2.75) is 19.4 Å². The number of aromatic amines is 1. The Hall–Kier alpha value is -1.62. The fraction of sp³-hybridized carbons (Fsp3) is 0.400. The molecule has 1 aromatic heterocycles. The third-order valence-electron chi connectivity index (χ3n) is 1.69. The van der Waals surface area contributed by atoms with Gasteiger partial charge in [0.2, 0.25) is 5.56 Å². The fourth-order valence-electron chi connectivity index (χ4n) is 0.972. The van der Waals surface area contributed by atoms with E-state index in [0.717, 1.165) is 0 Å².